The molecule has 96 valence electrons. The van der Waals surface area contributed by atoms with Crippen LogP contribution < -0.4 is 0 Å². The normalized spacial score (nSPS) is 17.2. The molecule has 0 amide bonds. The van der Waals surface area contributed by atoms with Crippen molar-refractivity contribution in [2.75, 3.05) is 0 Å². The van der Waals surface area contributed by atoms with E-state index in [9.17, 15) is 9.59 Å². The van der Waals surface area contributed by atoms with Gasteiger partial charge in [-0.25, -0.2) is 0 Å². The molecule has 1 N–H and O–H groups in total. The van der Waals surface area contributed by atoms with Crippen LogP contribution in [0.2, 0.25) is 0 Å². The number of carbonyl (C=O) groups excluding carboxylic acids is 1. The van der Waals surface area contributed by atoms with Gasteiger partial charge in [0.05, 0.1) is 17.7 Å². The molecule has 2 aromatic rings. The molecule has 3 rings (SSSR count). The third kappa shape index (κ3) is 2.05. The quantitative estimate of drug-likeness (QED) is 0.856. The number of benzene rings is 1. The smallest absolute Gasteiger partial charge is 0.307 e. The zero-order chi connectivity index (χ0) is 13.4. The fourth-order valence-electron chi connectivity index (χ4n) is 2.49. The van der Waals surface area contributed by atoms with E-state index in [0.717, 1.165) is 11.1 Å². The molecule has 0 bridgehead atoms. The highest BCUT2D eigenvalue weighted by molar-refractivity contribution is 6.08. The van der Waals surface area contributed by atoms with Gasteiger partial charge in [-0.3, -0.25) is 9.59 Å². The Hall–Kier alpha value is -2.36. The lowest BCUT2D eigenvalue weighted by Gasteiger charge is -2.02. The number of carboxylic acids is 1. The van der Waals surface area contributed by atoms with Crippen molar-refractivity contribution in [1.82, 2.24) is 0 Å². The van der Waals surface area contributed by atoms with Crippen LogP contribution in [0.4, 0.5) is 0 Å². The van der Waals surface area contributed by atoms with Gasteiger partial charge in [0.2, 0.25) is 0 Å². The summed E-state index contributed by atoms with van der Waals surface area (Å²) in [5.41, 5.74) is 3.07. The molecule has 0 fully saturated rings. The lowest BCUT2D eigenvalue weighted by molar-refractivity contribution is -0.141. The van der Waals surface area contributed by atoms with E-state index in [0.29, 0.717) is 24.0 Å². The first-order valence-electron chi connectivity index (χ1n) is 6.06. The van der Waals surface area contributed by atoms with Gasteiger partial charge in [-0.15, -0.1) is 0 Å². The van der Waals surface area contributed by atoms with E-state index in [1.54, 1.807) is 18.2 Å². The highest BCUT2D eigenvalue weighted by atomic mass is 16.4. The summed E-state index contributed by atoms with van der Waals surface area (Å²) in [4.78, 5) is 23.1. The molecule has 4 heteroatoms. The summed E-state index contributed by atoms with van der Waals surface area (Å²) in [6, 6.07) is 7.02. The van der Waals surface area contributed by atoms with Crippen molar-refractivity contribution in [3.63, 3.8) is 0 Å². The molecule has 1 atom stereocenters. The summed E-state index contributed by atoms with van der Waals surface area (Å²) in [5.74, 6) is -1.25. The molecule has 1 heterocycles. The maximum absolute atomic E-state index is 12.1. The second-order valence-electron chi connectivity index (χ2n) is 4.77. The fourth-order valence-corrected chi connectivity index (χ4v) is 2.49. The molecule has 0 aliphatic heterocycles. The van der Waals surface area contributed by atoms with Crippen LogP contribution in [0, 0.1) is 5.92 Å². The fraction of sp³-hybridized carbons (Fsp3) is 0.200. The van der Waals surface area contributed by atoms with Crippen molar-refractivity contribution in [1.29, 1.82) is 0 Å². The number of carboxylic acid groups (broad SMARTS) is 1. The van der Waals surface area contributed by atoms with Crippen LogP contribution in [-0.4, -0.2) is 16.9 Å². The summed E-state index contributed by atoms with van der Waals surface area (Å²) in [7, 11) is 0. The first-order valence-corrected chi connectivity index (χ1v) is 6.06. The molecule has 0 saturated heterocycles. The monoisotopic (exact) mass is 256 g/mol. The van der Waals surface area contributed by atoms with E-state index < -0.39 is 5.97 Å². The predicted octanol–water partition coefficient (Wildman–Crippen LogP) is 2.31. The highest BCUT2D eigenvalue weighted by Gasteiger charge is 2.27. The second kappa shape index (κ2) is 4.39. The minimum Gasteiger partial charge on any atom is -0.481 e. The number of aliphatic carboxylic acids is 1. The van der Waals surface area contributed by atoms with Crippen LogP contribution in [0.1, 0.15) is 27.0 Å². The summed E-state index contributed by atoms with van der Waals surface area (Å²) >= 11 is 0. The first-order chi connectivity index (χ1) is 9.15. The maximum atomic E-state index is 12.1. The van der Waals surface area contributed by atoms with Gasteiger partial charge in [0.15, 0.2) is 5.78 Å². The van der Waals surface area contributed by atoms with Gasteiger partial charge < -0.3 is 9.52 Å². The average Bonchev–Trinajstić information content (AvgIpc) is 3.06. The Morgan fingerprint density at radius 3 is 2.58 bits per heavy atom. The lowest BCUT2D eigenvalue weighted by atomic mass is 10.0. The summed E-state index contributed by atoms with van der Waals surface area (Å²) in [5, 5.41) is 9.03. The molecule has 0 spiro atoms. The summed E-state index contributed by atoms with van der Waals surface area (Å²) in [6.45, 7) is 0. The second-order valence-corrected chi connectivity index (χ2v) is 4.77. The Kier molecular flexibility index (Phi) is 2.71. The van der Waals surface area contributed by atoms with Crippen LogP contribution in [0.15, 0.2) is 41.2 Å². The van der Waals surface area contributed by atoms with Gasteiger partial charge in [0, 0.05) is 5.56 Å². The number of rotatable bonds is 3. The number of hydrogen-bond donors (Lipinski definition) is 1. The number of ketones is 1. The van der Waals surface area contributed by atoms with Gasteiger partial charge in [-0.1, -0.05) is 12.1 Å². The molecule has 4 nitrogen and oxygen atoms in total. The number of furan rings is 1. The predicted molar refractivity (Wildman–Crippen MR) is 67.1 cm³/mol. The minimum atomic E-state index is -0.779. The van der Waals surface area contributed by atoms with Crippen molar-refractivity contribution >= 4 is 11.8 Å². The zero-order valence-corrected chi connectivity index (χ0v) is 10.1. The maximum Gasteiger partial charge on any atom is 0.307 e. The van der Waals surface area contributed by atoms with E-state index in [1.807, 2.05) is 6.07 Å². The van der Waals surface area contributed by atoms with Gasteiger partial charge in [-0.2, -0.15) is 0 Å². The van der Waals surface area contributed by atoms with E-state index in [-0.39, 0.29) is 11.7 Å². The molecule has 1 unspecified atom stereocenters. The molecule has 1 aromatic carbocycles. The van der Waals surface area contributed by atoms with Crippen molar-refractivity contribution in [2.45, 2.75) is 12.8 Å². The molecule has 0 radical (unpaired) electrons. The van der Waals surface area contributed by atoms with Gasteiger partial charge in [-0.05, 0) is 36.1 Å². The highest BCUT2D eigenvalue weighted by Crippen LogP contribution is 2.28. The Morgan fingerprint density at radius 2 is 1.89 bits per heavy atom. The van der Waals surface area contributed by atoms with Gasteiger partial charge in [0.1, 0.15) is 6.26 Å². The first kappa shape index (κ1) is 11.7. The van der Waals surface area contributed by atoms with Crippen LogP contribution in [0.5, 0.6) is 0 Å². The number of hydrogen-bond acceptors (Lipinski definition) is 3. The molecular formula is C15H12O4. The van der Waals surface area contributed by atoms with E-state index in [4.69, 9.17) is 9.52 Å². The summed E-state index contributed by atoms with van der Waals surface area (Å²) in [6.07, 6.45) is 3.92. The minimum absolute atomic E-state index is 0.102. The SMILES string of the molecule is O=C(c1ccoc1)c1ccc2c(c1)CC(C(=O)O)C2. The van der Waals surface area contributed by atoms with Crippen molar-refractivity contribution in [2.24, 2.45) is 5.92 Å². The third-order valence-electron chi connectivity index (χ3n) is 3.53. The van der Waals surface area contributed by atoms with Crippen LogP contribution in [-0.2, 0) is 17.6 Å². The Morgan fingerprint density at radius 1 is 1.11 bits per heavy atom. The van der Waals surface area contributed by atoms with Crippen LogP contribution in [0.3, 0.4) is 0 Å². The Bertz CT molecular complexity index is 640. The molecular weight excluding hydrogens is 244 g/mol. The molecule has 0 saturated carbocycles. The van der Waals surface area contributed by atoms with Gasteiger partial charge >= 0.3 is 5.97 Å². The lowest BCUT2D eigenvalue weighted by Crippen LogP contribution is -2.12. The third-order valence-corrected chi connectivity index (χ3v) is 3.53. The van der Waals surface area contributed by atoms with E-state index >= 15 is 0 Å². The summed E-state index contributed by atoms with van der Waals surface area (Å²) < 4.78 is 4.90. The molecule has 1 aromatic heterocycles. The van der Waals surface area contributed by atoms with Crippen molar-refractivity contribution in [3.05, 3.63) is 59.0 Å². The van der Waals surface area contributed by atoms with Crippen LogP contribution in [0.25, 0.3) is 0 Å². The zero-order valence-electron chi connectivity index (χ0n) is 10.1. The molecule has 19 heavy (non-hydrogen) atoms. The largest absolute Gasteiger partial charge is 0.481 e. The average molecular weight is 256 g/mol. The standard InChI is InChI=1S/C15H12O4/c16-14(11-3-4-19-8-11)10-2-1-9-5-13(15(17)18)7-12(9)6-10/h1-4,6,8,13H,5,7H2,(H,17,18). The van der Waals surface area contributed by atoms with Gasteiger partial charge in [0.25, 0.3) is 0 Å². The van der Waals surface area contributed by atoms with Crippen LogP contribution >= 0.6 is 0 Å². The van der Waals surface area contributed by atoms with E-state index in [2.05, 4.69) is 0 Å². The topological polar surface area (TPSA) is 67.5 Å². The number of fused-ring (bicyclic) bond motifs is 1. The molecule has 1 aliphatic carbocycles. The Balaban J connectivity index is 1.90. The number of carbonyl (C=O) groups is 2. The van der Waals surface area contributed by atoms with E-state index in [1.165, 1.54) is 12.5 Å². The molecule has 1 aliphatic rings. The Labute approximate surface area is 109 Å². The van der Waals surface area contributed by atoms with Crippen molar-refractivity contribution in [3.8, 4) is 0 Å². The van der Waals surface area contributed by atoms with Crippen molar-refractivity contribution < 1.29 is 19.1 Å².